The zero-order valence-electron chi connectivity index (χ0n) is 24.7. The quantitative estimate of drug-likeness (QED) is 0.124. The van der Waals surface area contributed by atoms with Gasteiger partial charge in [-0.1, -0.05) is 56.2 Å². The van der Waals surface area contributed by atoms with Crippen LogP contribution in [0.5, 0.6) is 5.75 Å². The lowest BCUT2D eigenvalue weighted by Gasteiger charge is -2.48. The molecular formula is C37H46NO2S+. The summed E-state index contributed by atoms with van der Waals surface area (Å²) in [4.78, 5) is 13.9. The first-order valence-corrected chi connectivity index (χ1v) is 17.0. The molecule has 41 heavy (non-hydrogen) atoms. The fourth-order valence-electron chi connectivity index (χ4n) is 7.97. The van der Waals surface area contributed by atoms with Gasteiger partial charge in [0.05, 0.1) is 6.61 Å². The number of unbranched alkanes of at least 4 members (excludes halogenated alkanes) is 4. The molecule has 0 saturated heterocycles. The Balaban J connectivity index is 0.866. The van der Waals surface area contributed by atoms with Crippen molar-refractivity contribution in [3.63, 3.8) is 0 Å². The summed E-state index contributed by atoms with van der Waals surface area (Å²) in [6, 6.07) is 22.0. The molecule has 3 aliphatic rings. The topological polar surface area (TPSA) is 30.2 Å². The smallest absolute Gasteiger partial charge is 0.169 e. The van der Waals surface area contributed by atoms with Gasteiger partial charge in [-0.3, -0.25) is 4.79 Å². The first-order chi connectivity index (χ1) is 20.1. The number of rotatable bonds is 12. The predicted octanol–water partition coefficient (Wildman–Crippen LogP) is 8.72. The maximum Gasteiger partial charge on any atom is 0.169 e. The molecule has 0 spiro atoms. The molecular weight excluding hydrogens is 522 g/mol. The van der Waals surface area contributed by atoms with E-state index in [1.54, 1.807) is 5.56 Å². The zero-order valence-corrected chi connectivity index (χ0v) is 25.5. The van der Waals surface area contributed by atoms with Crippen LogP contribution in [0.4, 0.5) is 0 Å². The lowest BCUT2D eigenvalue weighted by atomic mass is 9.55. The third kappa shape index (κ3) is 6.58. The Labute approximate surface area is 251 Å². The van der Waals surface area contributed by atoms with Crippen molar-refractivity contribution >= 4 is 17.5 Å². The molecule has 2 fully saturated rings. The minimum Gasteiger partial charge on any atom is -0.494 e. The first-order valence-electron chi connectivity index (χ1n) is 16.0. The number of pyridine rings is 1. The van der Waals surface area contributed by atoms with Crippen LogP contribution in [0.1, 0.15) is 93.7 Å². The molecule has 0 amide bonds. The van der Waals surface area contributed by atoms with Gasteiger partial charge in [-0.15, -0.1) is 11.8 Å². The molecule has 0 unspecified atom stereocenters. The van der Waals surface area contributed by atoms with Crippen LogP contribution in [-0.2, 0) is 23.5 Å². The molecule has 1 heterocycles. The van der Waals surface area contributed by atoms with Crippen molar-refractivity contribution in [3.8, 4) is 5.75 Å². The zero-order chi connectivity index (χ0) is 28.1. The van der Waals surface area contributed by atoms with Crippen LogP contribution in [0.25, 0.3) is 0 Å². The molecule has 6 rings (SSSR count). The summed E-state index contributed by atoms with van der Waals surface area (Å²) in [6.07, 6.45) is 17.1. The number of carbonyl (C=O) groups excluding carboxylic acids is 1. The molecule has 1 aromatic heterocycles. The van der Waals surface area contributed by atoms with Crippen LogP contribution in [0.3, 0.4) is 0 Å². The molecule has 3 aromatic rings. The van der Waals surface area contributed by atoms with Gasteiger partial charge in [0.15, 0.2) is 12.4 Å². The number of nitrogens with zero attached hydrogens (tertiary/aromatic N) is 1. The number of ketones is 1. The van der Waals surface area contributed by atoms with Gasteiger partial charge in [-0.25, -0.2) is 4.57 Å². The first kappa shape index (κ1) is 28.5. The number of aryl methyl sites for hydroxylation is 2. The molecule has 3 aliphatic carbocycles. The fraction of sp³-hybridized carbons (Fsp3) is 0.514. The second kappa shape index (κ2) is 13.2. The van der Waals surface area contributed by atoms with Crippen LogP contribution in [0, 0.1) is 17.3 Å². The number of Topliss-reactive ketones (excluding diaryl/α,β-unsaturated/α-hetero) is 1. The highest BCUT2D eigenvalue weighted by Crippen LogP contribution is 2.59. The van der Waals surface area contributed by atoms with Gasteiger partial charge in [0.1, 0.15) is 18.1 Å². The third-order valence-corrected chi connectivity index (χ3v) is 11.4. The number of ether oxygens (including phenoxy) is 1. The normalized spacial score (nSPS) is 24.9. The largest absolute Gasteiger partial charge is 0.494 e. The molecule has 4 atom stereocenters. The minimum absolute atomic E-state index is 0.0336. The number of carbonyl (C=O) groups is 1. The van der Waals surface area contributed by atoms with Gasteiger partial charge in [0, 0.05) is 41.0 Å². The fourth-order valence-corrected chi connectivity index (χ4v) is 8.81. The predicted molar refractivity (Wildman–Crippen MR) is 167 cm³/mol. The van der Waals surface area contributed by atoms with E-state index in [-0.39, 0.29) is 5.41 Å². The average molecular weight is 569 g/mol. The summed E-state index contributed by atoms with van der Waals surface area (Å²) in [5.41, 5.74) is 4.38. The van der Waals surface area contributed by atoms with Crippen molar-refractivity contribution < 1.29 is 14.1 Å². The van der Waals surface area contributed by atoms with E-state index < -0.39 is 0 Å². The summed E-state index contributed by atoms with van der Waals surface area (Å²) in [5, 5.41) is 0. The Kier molecular flexibility index (Phi) is 9.15. The molecule has 2 saturated carbocycles. The number of benzene rings is 2. The van der Waals surface area contributed by atoms with E-state index in [0.29, 0.717) is 23.5 Å². The summed E-state index contributed by atoms with van der Waals surface area (Å²) in [6.45, 7) is 4.16. The van der Waals surface area contributed by atoms with Crippen molar-refractivity contribution in [2.24, 2.45) is 17.3 Å². The van der Waals surface area contributed by atoms with Crippen LogP contribution < -0.4 is 9.30 Å². The van der Waals surface area contributed by atoms with Crippen molar-refractivity contribution in [1.82, 2.24) is 0 Å². The van der Waals surface area contributed by atoms with Crippen LogP contribution in [0.15, 0.2) is 78.0 Å². The molecule has 4 heteroatoms. The van der Waals surface area contributed by atoms with Crippen LogP contribution in [0.2, 0.25) is 0 Å². The van der Waals surface area contributed by atoms with Crippen molar-refractivity contribution in [1.29, 1.82) is 0 Å². The van der Waals surface area contributed by atoms with Crippen LogP contribution in [-0.4, -0.2) is 12.4 Å². The Hall–Kier alpha value is -2.59. The Morgan fingerprint density at radius 3 is 2.56 bits per heavy atom. The molecule has 0 bridgehead atoms. The third-order valence-electron chi connectivity index (χ3n) is 10.3. The Morgan fingerprint density at radius 1 is 0.902 bits per heavy atom. The monoisotopic (exact) mass is 568 g/mol. The minimum atomic E-state index is -0.0336. The Bertz CT molecular complexity index is 1310. The number of hydrogen-bond donors (Lipinski definition) is 0. The van der Waals surface area contributed by atoms with E-state index >= 15 is 0 Å². The Morgan fingerprint density at radius 2 is 1.71 bits per heavy atom. The summed E-state index contributed by atoms with van der Waals surface area (Å²) < 4.78 is 8.50. The number of thioether (sulfide) groups is 1. The number of aromatic nitrogens is 1. The van der Waals surface area contributed by atoms with Gasteiger partial charge in [0.2, 0.25) is 0 Å². The molecule has 216 valence electrons. The van der Waals surface area contributed by atoms with E-state index in [9.17, 15) is 4.79 Å². The SMILES string of the molecule is C[C@]12CC[C@@H]3c4ccc(OCCCCCCC[n+]5ccc(SCc6ccccc6)cc5)cc4CC[C@H]3[C@@H]1CCC2=O. The highest BCUT2D eigenvalue weighted by atomic mass is 32.2. The molecule has 0 N–H and O–H groups in total. The van der Waals surface area contributed by atoms with E-state index in [2.05, 4.69) is 84.5 Å². The standard InChI is InChI=1S/C37H46NO2S/c1-37-21-18-33-32-15-13-30(26-29(32)12-14-34(33)35(37)16-17-36(37)39)40-25-9-4-2-3-8-22-38-23-19-31(20-24-38)41-27-28-10-6-5-7-11-28/h5-7,10-11,13,15,19-20,23-24,26,33-35H,2-4,8-9,12,14,16-18,21-22,25,27H2,1H3/q+1/t33-,34-,35+,37+/m1/s1. The second-order valence-corrected chi connectivity index (χ2v) is 13.9. The second-order valence-electron chi connectivity index (χ2n) is 12.9. The lowest BCUT2D eigenvalue weighted by molar-refractivity contribution is -0.697. The number of fused-ring (bicyclic) bond motifs is 5. The van der Waals surface area contributed by atoms with Crippen LogP contribution >= 0.6 is 11.8 Å². The maximum absolute atomic E-state index is 12.6. The highest BCUT2D eigenvalue weighted by molar-refractivity contribution is 7.98. The molecule has 0 aliphatic heterocycles. The molecule has 2 aromatic carbocycles. The number of hydrogen-bond acceptors (Lipinski definition) is 3. The van der Waals surface area contributed by atoms with Gasteiger partial charge in [0.25, 0.3) is 0 Å². The van der Waals surface area contributed by atoms with E-state index in [0.717, 1.165) is 56.8 Å². The van der Waals surface area contributed by atoms with Gasteiger partial charge >= 0.3 is 0 Å². The van der Waals surface area contributed by atoms with E-state index in [1.807, 2.05) is 11.8 Å². The van der Waals surface area contributed by atoms with Gasteiger partial charge in [-0.05, 0) is 91.5 Å². The average Bonchev–Trinajstić information content (AvgIpc) is 3.32. The molecule has 0 radical (unpaired) electrons. The maximum atomic E-state index is 12.6. The summed E-state index contributed by atoms with van der Waals surface area (Å²) in [7, 11) is 0. The van der Waals surface area contributed by atoms with Crippen molar-refractivity contribution in [2.45, 2.75) is 101 Å². The van der Waals surface area contributed by atoms with Gasteiger partial charge in [-0.2, -0.15) is 0 Å². The summed E-state index contributed by atoms with van der Waals surface area (Å²) >= 11 is 1.90. The lowest BCUT2D eigenvalue weighted by Crippen LogP contribution is -2.42. The van der Waals surface area contributed by atoms with Gasteiger partial charge < -0.3 is 4.74 Å². The van der Waals surface area contributed by atoms with Crippen molar-refractivity contribution in [2.75, 3.05) is 6.61 Å². The van der Waals surface area contributed by atoms with E-state index in [4.69, 9.17) is 4.74 Å². The highest BCUT2D eigenvalue weighted by Gasteiger charge is 2.54. The van der Waals surface area contributed by atoms with Crippen molar-refractivity contribution in [3.05, 3.63) is 89.7 Å². The summed E-state index contributed by atoms with van der Waals surface area (Å²) in [5.74, 6) is 4.54. The molecule has 3 nitrogen and oxygen atoms in total. The van der Waals surface area contributed by atoms with E-state index in [1.165, 1.54) is 54.5 Å².